The highest BCUT2D eigenvalue weighted by atomic mass is 19.4. The van der Waals surface area contributed by atoms with E-state index in [1.54, 1.807) is 0 Å². The van der Waals surface area contributed by atoms with Gasteiger partial charge in [-0.3, -0.25) is 14.9 Å². The predicted octanol–water partition coefficient (Wildman–Crippen LogP) is 1.65. The molecule has 0 saturated carbocycles. The van der Waals surface area contributed by atoms with E-state index in [9.17, 15) is 32.5 Å². The largest absolute Gasteiger partial charge is 0.574 e. The Morgan fingerprint density at radius 2 is 2.11 bits per heavy atom. The van der Waals surface area contributed by atoms with Gasteiger partial charge in [0, 0.05) is 0 Å². The van der Waals surface area contributed by atoms with Crippen molar-refractivity contribution in [1.82, 2.24) is 4.98 Å². The van der Waals surface area contributed by atoms with E-state index in [0.29, 0.717) is 0 Å². The Hall–Kier alpha value is -2.46. The van der Waals surface area contributed by atoms with Crippen LogP contribution >= 0.6 is 0 Å². The fourth-order valence-electron chi connectivity index (χ4n) is 1.19. The van der Waals surface area contributed by atoms with Gasteiger partial charge >= 0.3 is 23.9 Å². The molecule has 1 aromatic rings. The van der Waals surface area contributed by atoms with Gasteiger partial charge in [-0.25, -0.2) is 9.37 Å². The number of ether oxygens (including phenoxy) is 1. The number of pyridine rings is 1. The average Bonchev–Trinajstić information content (AvgIpc) is 2.19. The van der Waals surface area contributed by atoms with Gasteiger partial charge < -0.3 is 9.84 Å². The van der Waals surface area contributed by atoms with Crippen LogP contribution in [0.2, 0.25) is 0 Å². The first-order chi connectivity index (χ1) is 8.61. The monoisotopic (exact) mass is 284 g/mol. The van der Waals surface area contributed by atoms with Gasteiger partial charge in [-0.1, -0.05) is 0 Å². The van der Waals surface area contributed by atoms with Crippen molar-refractivity contribution in [3.8, 4) is 5.88 Å². The lowest BCUT2D eigenvalue weighted by atomic mass is 10.1. The normalized spacial score (nSPS) is 11.2. The Kier molecular flexibility index (Phi) is 3.87. The highest BCUT2D eigenvalue weighted by Gasteiger charge is 2.37. The third-order valence-corrected chi connectivity index (χ3v) is 1.79. The minimum atomic E-state index is -5.28. The van der Waals surface area contributed by atoms with E-state index in [2.05, 4.69) is 9.72 Å². The van der Waals surface area contributed by atoms with Gasteiger partial charge in [0.2, 0.25) is 0 Å². The molecule has 11 heteroatoms. The minimum Gasteiger partial charge on any atom is -0.481 e. The van der Waals surface area contributed by atoms with Crippen molar-refractivity contribution in [3.63, 3.8) is 0 Å². The van der Waals surface area contributed by atoms with Crippen LogP contribution < -0.4 is 4.74 Å². The molecule has 0 aromatic carbocycles. The summed E-state index contributed by atoms with van der Waals surface area (Å²) < 4.78 is 52.4. The molecule has 0 saturated heterocycles. The van der Waals surface area contributed by atoms with Crippen LogP contribution in [0.15, 0.2) is 6.20 Å². The number of alkyl halides is 3. The number of nitro groups is 1. The maximum atomic E-state index is 13.2. The summed E-state index contributed by atoms with van der Waals surface area (Å²) in [6, 6.07) is 0. The summed E-state index contributed by atoms with van der Waals surface area (Å²) in [4.78, 5) is 22.4. The lowest BCUT2D eigenvalue weighted by Gasteiger charge is -2.10. The molecule has 0 aliphatic carbocycles. The second kappa shape index (κ2) is 5.04. The van der Waals surface area contributed by atoms with E-state index in [-0.39, 0.29) is 6.20 Å². The first kappa shape index (κ1) is 14.6. The van der Waals surface area contributed by atoms with Crippen LogP contribution in [0.25, 0.3) is 0 Å². The van der Waals surface area contributed by atoms with Crippen molar-refractivity contribution in [2.75, 3.05) is 0 Å². The van der Waals surface area contributed by atoms with Crippen LogP contribution in [-0.2, 0) is 11.2 Å². The van der Waals surface area contributed by atoms with Crippen LogP contribution in [0.4, 0.5) is 23.2 Å². The van der Waals surface area contributed by atoms with E-state index in [0.717, 1.165) is 0 Å². The predicted molar refractivity (Wildman–Crippen MR) is 48.9 cm³/mol. The van der Waals surface area contributed by atoms with E-state index in [1.807, 2.05) is 0 Å². The molecule has 1 N–H and O–H groups in total. The molecule has 19 heavy (non-hydrogen) atoms. The molecular weight excluding hydrogens is 280 g/mol. The third kappa shape index (κ3) is 3.76. The summed E-state index contributed by atoms with van der Waals surface area (Å²) in [5.41, 5.74) is -2.52. The number of hydrogen-bond donors (Lipinski definition) is 1. The van der Waals surface area contributed by atoms with Crippen molar-refractivity contribution < 1.29 is 37.1 Å². The van der Waals surface area contributed by atoms with Crippen molar-refractivity contribution >= 4 is 11.7 Å². The molecule has 0 spiro atoms. The lowest BCUT2D eigenvalue weighted by molar-refractivity contribution is -0.390. The molecule has 0 aliphatic heterocycles. The van der Waals surface area contributed by atoms with Crippen molar-refractivity contribution in [2.24, 2.45) is 0 Å². The summed E-state index contributed by atoms with van der Waals surface area (Å²) >= 11 is 0. The molecule has 0 bridgehead atoms. The zero-order chi connectivity index (χ0) is 14.8. The average molecular weight is 284 g/mol. The van der Waals surface area contributed by atoms with Crippen LogP contribution in [-0.4, -0.2) is 27.3 Å². The highest BCUT2D eigenvalue weighted by Crippen LogP contribution is 2.34. The number of carbonyl (C=O) groups is 1. The smallest absolute Gasteiger partial charge is 0.481 e. The summed E-state index contributed by atoms with van der Waals surface area (Å²) in [7, 11) is 0. The first-order valence-electron chi connectivity index (χ1n) is 4.41. The van der Waals surface area contributed by atoms with Gasteiger partial charge in [0.15, 0.2) is 5.82 Å². The van der Waals surface area contributed by atoms with Crippen LogP contribution in [0.5, 0.6) is 5.88 Å². The fraction of sp³-hybridized carbons (Fsp3) is 0.250. The molecule has 1 aromatic heterocycles. The SMILES string of the molecule is O=C(O)Cc1c(F)cnc(OC(F)(F)F)c1[N+](=O)[O-]. The second-order valence-corrected chi connectivity index (χ2v) is 3.11. The van der Waals surface area contributed by atoms with Crippen molar-refractivity contribution in [3.05, 3.63) is 27.7 Å². The lowest BCUT2D eigenvalue weighted by Crippen LogP contribution is -2.20. The number of aliphatic carboxylic acids is 1. The minimum absolute atomic E-state index is 0.215. The van der Waals surface area contributed by atoms with E-state index >= 15 is 0 Å². The number of aromatic nitrogens is 1. The zero-order valence-electron chi connectivity index (χ0n) is 8.77. The topological polar surface area (TPSA) is 103 Å². The number of carboxylic acid groups (broad SMARTS) is 1. The quantitative estimate of drug-likeness (QED) is 0.512. The van der Waals surface area contributed by atoms with Gasteiger partial charge in [0.25, 0.3) is 0 Å². The van der Waals surface area contributed by atoms with Gasteiger partial charge in [-0.2, -0.15) is 0 Å². The van der Waals surface area contributed by atoms with Gasteiger partial charge in [0.1, 0.15) is 0 Å². The van der Waals surface area contributed by atoms with E-state index < -0.39 is 46.6 Å². The second-order valence-electron chi connectivity index (χ2n) is 3.11. The Morgan fingerprint density at radius 1 is 1.53 bits per heavy atom. The molecule has 0 fully saturated rings. The van der Waals surface area contributed by atoms with E-state index in [1.165, 1.54) is 0 Å². The van der Waals surface area contributed by atoms with Crippen LogP contribution in [0, 0.1) is 15.9 Å². The summed E-state index contributed by atoms with van der Waals surface area (Å²) in [5, 5.41) is 19.1. The fourth-order valence-corrected chi connectivity index (χ4v) is 1.19. The standard InChI is InChI=1S/C8H4F4N2O5/c9-4-2-13-7(19-8(10,11)12)6(14(17)18)3(4)1-5(15)16/h2H,1H2,(H,15,16). The number of hydrogen-bond acceptors (Lipinski definition) is 5. The molecule has 0 radical (unpaired) electrons. The summed E-state index contributed by atoms with van der Waals surface area (Å²) in [6.07, 6.45) is -6.25. The van der Waals surface area contributed by atoms with Gasteiger partial charge in [-0.15, -0.1) is 13.2 Å². The number of rotatable bonds is 4. The van der Waals surface area contributed by atoms with Crippen molar-refractivity contribution in [1.29, 1.82) is 0 Å². The number of nitrogens with zero attached hydrogens (tertiary/aromatic N) is 2. The van der Waals surface area contributed by atoms with Crippen LogP contribution in [0.1, 0.15) is 5.56 Å². The molecule has 1 heterocycles. The highest BCUT2D eigenvalue weighted by molar-refractivity contribution is 5.72. The molecule has 0 atom stereocenters. The molecule has 0 aliphatic rings. The first-order valence-corrected chi connectivity index (χ1v) is 4.41. The Balaban J connectivity index is 3.40. The third-order valence-electron chi connectivity index (χ3n) is 1.79. The van der Waals surface area contributed by atoms with Gasteiger partial charge in [-0.05, 0) is 0 Å². The molecular formula is C8H4F4N2O5. The molecule has 0 unspecified atom stereocenters. The molecule has 7 nitrogen and oxygen atoms in total. The Bertz CT molecular complexity index is 531. The zero-order valence-corrected chi connectivity index (χ0v) is 8.77. The summed E-state index contributed by atoms with van der Waals surface area (Å²) in [5.74, 6) is -4.59. The Labute approximate surface area is 101 Å². The summed E-state index contributed by atoms with van der Waals surface area (Å²) in [6.45, 7) is 0. The number of halogens is 4. The molecule has 1 rings (SSSR count). The molecule has 104 valence electrons. The molecule has 0 amide bonds. The number of carboxylic acids is 1. The maximum absolute atomic E-state index is 13.2. The van der Waals surface area contributed by atoms with Gasteiger partial charge in [0.05, 0.1) is 23.1 Å². The van der Waals surface area contributed by atoms with Crippen LogP contribution in [0.3, 0.4) is 0 Å². The maximum Gasteiger partial charge on any atom is 0.574 e. The van der Waals surface area contributed by atoms with Crippen molar-refractivity contribution in [2.45, 2.75) is 12.8 Å². The van der Waals surface area contributed by atoms with E-state index in [4.69, 9.17) is 5.11 Å². The Morgan fingerprint density at radius 3 is 2.53 bits per heavy atom.